The molecule has 0 radical (unpaired) electrons. The Bertz CT molecular complexity index is 819. The molecule has 1 aliphatic carbocycles. The lowest BCUT2D eigenvalue weighted by atomic mass is 10.1. The van der Waals surface area contributed by atoms with E-state index in [4.69, 9.17) is 0 Å². The fraction of sp³-hybridized carbons (Fsp3) is 0.480. The van der Waals surface area contributed by atoms with Crippen LogP contribution in [0.2, 0.25) is 0 Å². The van der Waals surface area contributed by atoms with Gasteiger partial charge >= 0.3 is 0 Å². The van der Waals surface area contributed by atoms with E-state index in [9.17, 15) is 14.3 Å². The number of carbonyl (C=O) groups is 1. The Morgan fingerprint density at radius 3 is 2.35 bits per heavy atom. The van der Waals surface area contributed by atoms with E-state index >= 15 is 0 Å². The van der Waals surface area contributed by atoms with Crippen molar-refractivity contribution in [3.8, 4) is 5.75 Å². The van der Waals surface area contributed by atoms with E-state index in [-0.39, 0.29) is 17.7 Å². The molecule has 1 unspecified atom stereocenters. The number of amides is 1. The number of benzene rings is 2. The van der Waals surface area contributed by atoms with Crippen LogP contribution in [0.25, 0.3) is 0 Å². The summed E-state index contributed by atoms with van der Waals surface area (Å²) in [6, 6.07) is 14.5. The fourth-order valence-electron chi connectivity index (χ4n) is 4.24. The number of nitrogens with one attached hydrogen (secondary N) is 3. The van der Waals surface area contributed by atoms with Gasteiger partial charge in [-0.3, -0.25) is 4.79 Å². The molecule has 0 spiro atoms. The van der Waals surface area contributed by atoms with Crippen molar-refractivity contribution in [3.63, 3.8) is 0 Å². The van der Waals surface area contributed by atoms with Gasteiger partial charge in [0, 0.05) is 35.3 Å². The third kappa shape index (κ3) is 7.33. The first-order valence-corrected chi connectivity index (χ1v) is 11.3. The second-order valence-corrected chi connectivity index (χ2v) is 8.44. The highest BCUT2D eigenvalue weighted by atomic mass is 19.1. The number of phenolic OH excluding ortho intramolecular Hbond substituents is 1. The molecule has 31 heavy (non-hydrogen) atoms. The summed E-state index contributed by atoms with van der Waals surface area (Å²) >= 11 is 0. The molecule has 1 saturated heterocycles. The Kier molecular flexibility index (Phi) is 8.85. The summed E-state index contributed by atoms with van der Waals surface area (Å²) in [6.07, 6.45) is 7.01. The summed E-state index contributed by atoms with van der Waals surface area (Å²) in [4.78, 5) is 11.8. The third-order valence-corrected chi connectivity index (χ3v) is 6.01. The molecular formula is C25H34FN3O2. The lowest BCUT2D eigenvalue weighted by molar-refractivity contribution is 0.0929. The van der Waals surface area contributed by atoms with Crippen molar-refractivity contribution in [2.45, 2.75) is 63.6 Å². The van der Waals surface area contributed by atoms with Gasteiger partial charge in [0.15, 0.2) is 0 Å². The van der Waals surface area contributed by atoms with Gasteiger partial charge in [-0.2, -0.15) is 0 Å². The SMILES string of the molecule is CC(NC1CCCC1)c1ccc(F)cc1O.O=C(NC1CCNCC1)c1ccccc1. The van der Waals surface area contributed by atoms with E-state index in [1.54, 1.807) is 6.07 Å². The second-order valence-electron chi connectivity index (χ2n) is 8.44. The number of halogens is 1. The van der Waals surface area contributed by atoms with Gasteiger partial charge in [0.25, 0.3) is 5.91 Å². The standard InChI is InChI=1S/C13H18FNO.C12H16N2O/c1-9(15-11-4-2-3-5-11)12-7-6-10(14)8-13(12)16;15-12(10-4-2-1-3-5-10)14-11-6-8-13-9-7-11/h6-9,11,15-16H,2-5H2,1H3;1-5,11,13H,6-9H2,(H,14,15). The maximum atomic E-state index is 12.8. The predicted octanol–water partition coefficient (Wildman–Crippen LogP) is 4.29. The Morgan fingerprint density at radius 2 is 1.71 bits per heavy atom. The molecule has 2 aromatic rings. The molecule has 1 saturated carbocycles. The number of carbonyl (C=O) groups excluding carboxylic acids is 1. The highest BCUT2D eigenvalue weighted by Gasteiger charge is 2.19. The zero-order valence-electron chi connectivity index (χ0n) is 18.2. The molecule has 5 nitrogen and oxygen atoms in total. The van der Waals surface area contributed by atoms with Crippen LogP contribution < -0.4 is 16.0 Å². The van der Waals surface area contributed by atoms with E-state index in [1.807, 2.05) is 37.3 Å². The van der Waals surface area contributed by atoms with E-state index in [1.165, 1.54) is 37.8 Å². The summed E-state index contributed by atoms with van der Waals surface area (Å²) in [6.45, 7) is 4.00. The molecular weight excluding hydrogens is 393 g/mol. The first kappa shape index (κ1) is 23.2. The highest BCUT2D eigenvalue weighted by Crippen LogP contribution is 2.27. The lowest BCUT2D eigenvalue weighted by Crippen LogP contribution is -2.42. The summed E-state index contributed by atoms with van der Waals surface area (Å²) in [7, 11) is 0. The third-order valence-electron chi connectivity index (χ3n) is 6.01. The van der Waals surface area contributed by atoms with E-state index in [0.29, 0.717) is 12.1 Å². The monoisotopic (exact) mass is 427 g/mol. The summed E-state index contributed by atoms with van der Waals surface area (Å²) in [5.41, 5.74) is 1.52. The van der Waals surface area contributed by atoms with Crippen molar-refractivity contribution >= 4 is 5.91 Å². The van der Waals surface area contributed by atoms with Gasteiger partial charge in [0.2, 0.25) is 0 Å². The van der Waals surface area contributed by atoms with Crippen LogP contribution in [0, 0.1) is 5.82 Å². The molecule has 2 aromatic carbocycles. The average molecular weight is 428 g/mol. The molecule has 0 bridgehead atoms. The first-order chi connectivity index (χ1) is 15.0. The number of rotatable bonds is 5. The van der Waals surface area contributed by atoms with Gasteiger partial charge < -0.3 is 21.1 Å². The highest BCUT2D eigenvalue weighted by molar-refractivity contribution is 5.94. The van der Waals surface area contributed by atoms with Gasteiger partial charge in [-0.25, -0.2) is 4.39 Å². The number of phenols is 1. The minimum absolute atomic E-state index is 0.0398. The average Bonchev–Trinajstić information content (AvgIpc) is 3.28. The molecule has 6 heteroatoms. The van der Waals surface area contributed by atoms with Gasteiger partial charge in [0.05, 0.1) is 0 Å². The van der Waals surface area contributed by atoms with E-state index in [0.717, 1.165) is 37.1 Å². The maximum Gasteiger partial charge on any atom is 0.251 e. The molecule has 2 aliphatic rings. The lowest BCUT2D eigenvalue weighted by Gasteiger charge is -2.23. The minimum atomic E-state index is -0.394. The fourth-order valence-corrected chi connectivity index (χ4v) is 4.24. The van der Waals surface area contributed by atoms with Crippen molar-refractivity contribution in [2.75, 3.05) is 13.1 Å². The van der Waals surface area contributed by atoms with E-state index < -0.39 is 5.82 Å². The van der Waals surface area contributed by atoms with Gasteiger partial charge in [0.1, 0.15) is 11.6 Å². The van der Waals surface area contributed by atoms with Crippen LogP contribution in [0.5, 0.6) is 5.75 Å². The number of hydrogen-bond acceptors (Lipinski definition) is 4. The number of piperidine rings is 1. The number of aromatic hydroxyl groups is 1. The minimum Gasteiger partial charge on any atom is -0.508 e. The van der Waals surface area contributed by atoms with Crippen LogP contribution in [-0.2, 0) is 0 Å². The maximum absolute atomic E-state index is 12.8. The second kappa shape index (κ2) is 11.8. The van der Waals surface area contributed by atoms with Crippen LogP contribution in [0.15, 0.2) is 48.5 Å². The molecule has 1 heterocycles. The van der Waals surface area contributed by atoms with Crippen LogP contribution in [-0.4, -0.2) is 36.2 Å². The van der Waals surface area contributed by atoms with Gasteiger partial charge in [-0.1, -0.05) is 37.1 Å². The number of hydrogen-bond donors (Lipinski definition) is 4. The summed E-state index contributed by atoms with van der Waals surface area (Å²) in [5.74, 6) is -0.310. The molecule has 1 atom stereocenters. The van der Waals surface area contributed by atoms with Crippen molar-refractivity contribution < 1.29 is 14.3 Å². The zero-order chi connectivity index (χ0) is 22.1. The largest absolute Gasteiger partial charge is 0.508 e. The topological polar surface area (TPSA) is 73.4 Å². The molecule has 1 aliphatic heterocycles. The molecule has 0 aromatic heterocycles. The van der Waals surface area contributed by atoms with E-state index in [2.05, 4.69) is 16.0 Å². The molecule has 168 valence electrons. The molecule has 1 amide bonds. The van der Waals surface area contributed by atoms with Crippen LogP contribution in [0.4, 0.5) is 4.39 Å². The molecule has 2 fully saturated rings. The zero-order valence-corrected chi connectivity index (χ0v) is 18.2. The Morgan fingerprint density at radius 1 is 1.03 bits per heavy atom. The van der Waals surface area contributed by atoms with Crippen LogP contribution >= 0.6 is 0 Å². The van der Waals surface area contributed by atoms with Gasteiger partial charge in [-0.05, 0) is 63.9 Å². The normalized spacial score (nSPS) is 18.1. The smallest absolute Gasteiger partial charge is 0.251 e. The quantitative estimate of drug-likeness (QED) is 0.574. The van der Waals surface area contributed by atoms with Crippen molar-refractivity contribution in [1.82, 2.24) is 16.0 Å². The van der Waals surface area contributed by atoms with Crippen molar-refractivity contribution in [1.29, 1.82) is 0 Å². The summed E-state index contributed by atoms with van der Waals surface area (Å²) in [5, 5.41) is 19.5. The molecule has 4 N–H and O–H groups in total. The Labute approximate surface area is 184 Å². The summed E-state index contributed by atoms with van der Waals surface area (Å²) < 4.78 is 12.8. The van der Waals surface area contributed by atoms with Crippen LogP contribution in [0.1, 0.15) is 67.4 Å². The Balaban J connectivity index is 0.000000176. The first-order valence-electron chi connectivity index (χ1n) is 11.3. The Hall–Kier alpha value is -2.44. The molecule has 4 rings (SSSR count). The van der Waals surface area contributed by atoms with Crippen molar-refractivity contribution in [2.24, 2.45) is 0 Å². The van der Waals surface area contributed by atoms with Gasteiger partial charge in [-0.15, -0.1) is 0 Å². The van der Waals surface area contributed by atoms with Crippen LogP contribution in [0.3, 0.4) is 0 Å². The van der Waals surface area contributed by atoms with Crippen molar-refractivity contribution in [3.05, 3.63) is 65.5 Å². The predicted molar refractivity (Wildman–Crippen MR) is 122 cm³/mol.